The van der Waals surface area contributed by atoms with Gasteiger partial charge in [0.1, 0.15) is 0 Å². The quantitative estimate of drug-likeness (QED) is 0.934. The number of hydrogen-bond donors (Lipinski definition) is 1. The molecule has 0 aliphatic carbocycles. The second-order valence-corrected chi connectivity index (χ2v) is 5.34. The predicted octanol–water partition coefficient (Wildman–Crippen LogP) is 2.14. The summed E-state index contributed by atoms with van der Waals surface area (Å²) in [5, 5.41) is 1.42. The van der Waals surface area contributed by atoms with E-state index < -0.39 is 16.1 Å². The normalized spacial score (nSPS) is 11.2. The fourth-order valence-corrected chi connectivity index (χ4v) is 2.28. The van der Waals surface area contributed by atoms with Crippen molar-refractivity contribution >= 4 is 32.7 Å². The van der Waals surface area contributed by atoms with Crippen LogP contribution in [0.15, 0.2) is 42.4 Å². The number of carbonyl (C=O) groups excluding carboxylic acids is 1. The number of anilines is 1. The van der Waals surface area contributed by atoms with Gasteiger partial charge in [-0.25, -0.2) is 13.2 Å². The third-order valence-electron chi connectivity index (χ3n) is 2.58. The summed E-state index contributed by atoms with van der Waals surface area (Å²) in [5.41, 5.74) is 0.927. The molecule has 0 saturated heterocycles. The molecule has 0 fully saturated rings. The Morgan fingerprint density at radius 2 is 2.16 bits per heavy atom. The van der Waals surface area contributed by atoms with Gasteiger partial charge in [-0.15, -0.1) is 0 Å². The fourth-order valence-electron chi connectivity index (χ4n) is 1.71. The van der Waals surface area contributed by atoms with Crippen LogP contribution in [0.5, 0.6) is 0 Å². The second kappa shape index (κ2) is 4.77. The molecule has 1 heterocycles. The van der Waals surface area contributed by atoms with E-state index in [9.17, 15) is 13.2 Å². The number of sulfonamides is 1. The first-order valence-electron chi connectivity index (χ1n) is 5.32. The number of fused-ring (bicyclic) bond motifs is 1. The van der Waals surface area contributed by atoms with Gasteiger partial charge in [0.15, 0.2) is 0 Å². The Balaban J connectivity index is 2.57. The molecule has 0 saturated carbocycles. The van der Waals surface area contributed by atoms with Crippen molar-refractivity contribution in [2.45, 2.75) is 0 Å². The van der Waals surface area contributed by atoms with Crippen molar-refractivity contribution in [3.63, 3.8) is 0 Å². The highest BCUT2D eigenvalue weighted by atomic mass is 32.2. The van der Waals surface area contributed by atoms with Crippen LogP contribution in [-0.4, -0.2) is 26.2 Å². The number of aromatic nitrogens is 1. The van der Waals surface area contributed by atoms with Crippen molar-refractivity contribution in [2.24, 2.45) is 0 Å². The van der Waals surface area contributed by atoms with E-state index in [0.717, 1.165) is 5.41 Å². The first kappa shape index (κ1) is 13.2. The molecular formula is C12H12N2O4S. The minimum absolute atomic E-state index is 0.375. The van der Waals surface area contributed by atoms with Gasteiger partial charge in [-0.3, -0.25) is 9.29 Å². The molecule has 0 aliphatic heterocycles. The Morgan fingerprint density at radius 3 is 2.79 bits per heavy atom. The molecule has 6 nitrogen and oxygen atoms in total. The lowest BCUT2D eigenvalue weighted by molar-refractivity contribution is 0.174. The van der Waals surface area contributed by atoms with Crippen LogP contribution in [0.25, 0.3) is 10.9 Å². The first-order valence-corrected chi connectivity index (χ1v) is 6.87. The van der Waals surface area contributed by atoms with Gasteiger partial charge >= 0.3 is 6.09 Å². The molecule has 0 atom stereocenters. The Labute approximate surface area is 110 Å². The van der Waals surface area contributed by atoms with Crippen molar-refractivity contribution in [3.05, 3.63) is 42.4 Å². The zero-order valence-corrected chi connectivity index (χ0v) is 11.0. The number of benzene rings is 1. The summed E-state index contributed by atoms with van der Waals surface area (Å²) in [4.78, 5) is 11.5. The van der Waals surface area contributed by atoms with Crippen LogP contribution in [0.3, 0.4) is 0 Å². The lowest BCUT2D eigenvalue weighted by atomic mass is 10.2. The standard InChI is InChI=1S/C12H12N2O4S/c1-3-19(16,17)13-10-5-4-6-11-9(10)7-8-14(11)12(15)18-2/h3-8,13H,1H2,2H3. The molecule has 100 valence electrons. The minimum Gasteiger partial charge on any atom is -0.452 e. The van der Waals surface area contributed by atoms with E-state index in [1.807, 2.05) is 0 Å². The molecule has 1 N–H and O–H groups in total. The number of methoxy groups -OCH3 is 1. The van der Waals surface area contributed by atoms with Crippen LogP contribution < -0.4 is 4.72 Å². The van der Waals surface area contributed by atoms with E-state index in [0.29, 0.717) is 16.6 Å². The Kier molecular flexibility index (Phi) is 3.30. The van der Waals surface area contributed by atoms with Crippen LogP contribution in [0.4, 0.5) is 10.5 Å². The SMILES string of the molecule is C=CS(=O)(=O)Nc1cccc2c1ccn2C(=O)OC. The summed E-state index contributed by atoms with van der Waals surface area (Å²) >= 11 is 0. The largest absolute Gasteiger partial charge is 0.452 e. The van der Waals surface area contributed by atoms with E-state index in [1.54, 1.807) is 24.3 Å². The molecular weight excluding hydrogens is 268 g/mol. The molecule has 7 heteroatoms. The van der Waals surface area contributed by atoms with E-state index in [2.05, 4.69) is 16.0 Å². The lowest BCUT2D eigenvalue weighted by Gasteiger charge is -2.06. The highest BCUT2D eigenvalue weighted by molar-refractivity contribution is 7.95. The van der Waals surface area contributed by atoms with Crippen molar-refractivity contribution in [3.8, 4) is 0 Å². The number of hydrogen-bond acceptors (Lipinski definition) is 4. The van der Waals surface area contributed by atoms with Crippen LogP contribution in [0.2, 0.25) is 0 Å². The van der Waals surface area contributed by atoms with Crippen LogP contribution >= 0.6 is 0 Å². The van der Waals surface area contributed by atoms with Crippen LogP contribution in [0.1, 0.15) is 0 Å². The highest BCUT2D eigenvalue weighted by Crippen LogP contribution is 2.25. The summed E-state index contributed by atoms with van der Waals surface area (Å²) in [7, 11) is -2.32. The summed E-state index contributed by atoms with van der Waals surface area (Å²) in [6.45, 7) is 3.23. The predicted molar refractivity (Wildman–Crippen MR) is 72.5 cm³/mol. The summed E-state index contributed by atoms with van der Waals surface area (Å²) in [6, 6.07) is 6.57. The van der Waals surface area contributed by atoms with Crippen molar-refractivity contribution in [1.29, 1.82) is 0 Å². The topological polar surface area (TPSA) is 77.4 Å². The molecule has 1 aromatic carbocycles. The molecule has 2 aromatic rings. The summed E-state index contributed by atoms with van der Waals surface area (Å²) in [5.74, 6) is 0. The fraction of sp³-hybridized carbons (Fsp3) is 0.0833. The van der Waals surface area contributed by atoms with Crippen LogP contribution in [0, 0.1) is 0 Å². The Bertz CT molecular complexity index is 746. The van der Waals surface area contributed by atoms with Gasteiger partial charge in [-0.05, 0) is 18.2 Å². The van der Waals surface area contributed by atoms with E-state index >= 15 is 0 Å². The molecule has 0 spiro atoms. The zero-order chi connectivity index (χ0) is 14.0. The Hall–Kier alpha value is -2.28. The maximum atomic E-state index is 11.5. The van der Waals surface area contributed by atoms with E-state index in [-0.39, 0.29) is 0 Å². The lowest BCUT2D eigenvalue weighted by Crippen LogP contribution is -2.10. The van der Waals surface area contributed by atoms with Gasteiger partial charge in [-0.1, -0.05) is 12.6 Å². The third kappa shape index (κ3) is 2.45. The average Bonchev–Trinajstić information content (AvgIpc) is 2.82. The molecule has 2 rings (SSSR count). The Morgan fingerprint density at radius 1 is 1.42 bits per heavy atom. The monoisotopic (exact) mass is 280 g/mol. The van der Waals surface area contributed by atoms with Gasteiger partial charge in [0.05, 0.1) is 18.3 Å². The van der Waals surface area contributed by atoms with Crippen LogP contribution in [-0.2, 0) is 14.8 Å². The number of ether oxygens (including phenoxy) is 1. The molecule has 0 unspecified atom stereocenters. The maximum Gasteiger partial charge on any atom is 0.418 e. The maximum absolute atomic E-state index is 11.5. The molecule has 19 heavy (non-hydrogen) atoms. The molecule has 0 aliphatic rings. The number of nitrogens with one attached hydrogen (secondary N) is 1. The number of nitrogens with zero attached hydrogens (tertiary/aromatic N) is 1. The van der Waals surface area contributed by atoms with Gasteiger partial charge in [0.2, 0.25) is 0 Å². The third-order valence-corrected chi connectivity index (χ3v) is 3.52. The first-order chi connectivity index (χ1) is 8.98. The van der Waals surface area contributed by atoms with E-state index in [4.69, 9.17) is 0 Å². The van der Waals surface area contributed by atoms with Gasteiger partial charge < -0.3 is 4.74 Å². The highest BCUT2D eigenvalue weighted by Gasteiger charge is 2.13. The molecule has 0 amide bonds. The number of carbonyl (C=O) groups is 1. The molecule has 0 bridgehead atoms. The number of rotatable bonds is 3. The van der Waals surface area contributed by atoms with Gasteiger partial charge in [0.25, 0.3) is 10.0 Å². The second-order valence-electron chi connectivity index (χ2n) is 3.71. The zero-order valence-electron chi connectivity index (χ0n) is 10.2. The van der Waals surface area contributed by atoms with Crippen molar-refractivity contribution < 1.29 is 17.9 Å². The average molecular weight is 280 g/mol. The van der Waals surface area contributed by atoms with Crippen molar-refractivity contribution in [1.82, 2.24) is 4.57 Å². The van der Waals surface area contributed by atoms with E-state index in [1.165, 1.54) is 17.9 Å². The summed E-state index contributed by atoms with van der Waals surface area (Å²) in [6.07, 6.45) is 0.973. The summed E-state index contributed by atoms with van der Waals surface area (Å²) < 4.78 is 31.3. The minimum atomic E-state index is -3.59. The van der Waals surface area contributed by atoms with Gasteiger partial charge in [-0.2, -0.15) is 0 Å². The van der Waals surface area contributed by atoms with Gasteiger partial charge in [0, 0.05) is 17.0 Å². The smallest absolute Gasteiger partial charge is 0.418 e. The molecule has 0 radical (unpaired) electrons. The van der Waals surface area contributed by atoms with Crippen molar-refractivity contribution in [2.75, 3.05) is 11.8 Å². The molecule has 1 aromatic heterocycles.